The summed E-state index contributed by atoms with van der Waals surface area (Å²) in [6.45, 7) is -0.510. The first-order valence-corrected chi connectivity index (χ1v) is 7.04. The second-order valence-electron chi connectivity index (χ2n) is 5.08. The quantitative estimate of drug-likeness (QED) is 0.507. The van der Waals surface area contributed by atoms with Gasteiger partial charge in [0.05, 0.1) is 19.0 Å². The molecule has 3 heterocycles. The maximum Gasteiger partial charge on any atom is 0.166 e. The lowest BCUT2D eigenvalue weighted by atomic mass is 10.0. The van der Waals surface area contributed by atoms with Gasteiger partial charge in [0.1, 0.15) is 36.4 Å². The van der Waals surface area contributed by atoms with Crippen molar-refractivity contribution in [3.8, 4) is 0 Å². The lowest BCUT2D eigenvalue weighted by molar-refractivity contribution is -0.130. The highest BCUT2D eigenvalue weighted by atomic mass is 35.5. The van der Waals surface area contributed by atoms with Gasteiger partial charge in [-0.15, -0.1) is 0 Å². The maximum atomic E-state index is 9.97. The van der Waals surface area contributed by atoms with E-state index in [1.54, 1.807) is 0 Å². The van der Waals surface area contributed by atoms with Gasteiger partial charge in [-0.2, -0.15) is 0 Å². The molecular formula is C12H15ClN4O5. The zero-order chi connectivity index (χ0) is 15.9. The fourth-order valence-electron chi connectivity index (χ4n) is 2.50. The normalized spacial score (nSPS) is 33.0. The SMILES string of the molecule is OC[C@H]1O[C@@H](n2cnc3c(Cl)ncnc32)C[C@H](O)[C@@H](O)[C@H]1O. The van der Waals surface area contributed by atoms with Crippen LogP contribution >= 0.6 is 11.6 Å². The Kier molecular flexibility index (Phi) is 4.26. The third kappa shape index (κ3) is 2.56. The first kappa shape index (κ1) is 15.5. The molecular weight excluding hydrogens is 316 g/mol. The van der Waals surface area contributed by atoms with Gasteiger partial charge in [0.15, 0.2) is 10.8 Å². The van der Waals surface area contributed by atoms with Crippen molar-refractivity contribution < 1.29 is 25.2 Å². The number of aliphatic hydroxyl groups excluding tert-OH is 4. The molecule has 1 saturated heterocycles. The molecule has 2 aromatic heterocycles. The summed E-state index contributed by atoms with van der Waals surface area (Å²) >= 11 is 5.94. The number of hydrogen-bond acceptors (Lipinski definition) is 8. The van der Waals surface area contributed by atoms with E-state index in [-0.39, 0.29) is 11.6 Å². The van der Waals surface area contributed by atoms with Gasteiger partial charge in [0.2, 0.25) is 0 Å². The first-order valence-electron chi connectivity index (χ1n) is 6.66. The molecule has 3 rings (SSSR count). The van der Waals surface area contributed by atoms with E-state index in [4.69, 9.17) is 16.3 Å². The molecule has 10 heteroatoms. The molecule has 0 spiro atoms. The van der Waals surface area contributed by atoms with Gasteiger partial charge in [-0.1, -0.05) is 11.6 Å². The monoisotopic (exact) mass is 330 g/mol. The summed E-state index contributed by atoms with van der Waals surface area (Å²) in [7, 11) is 0. The molecule has 1 fully saturated rings. The predicted octanol–water partition coefficient (Wildman–Crippen LogP) is -1.16. The van der Waals surface area contributed by atoms with Crippen molar-refractivity contribution in [2.75, 3.05) is 6.61 Å². The molecule has 2 aromatic rings. The van der Waals surface area contributed by atoms with E-state index in [1.165, 1.54) is 17.2 Å². The number of hydrogen-bond donors (Lipinski definition) is 4. The van der Waals surface area contributed by atoms with Crippen LogP contribution in [0.2, 0.25) is 5.15 Å². The van der Waals surface area contributed by atoms with E-state index < -0.39 is 37.3 Å². The van der Waals surface area contributed by atoms with Gasteiger partial charge in [0, 0.05) is 6.42 Å². The molecule has 0 unspecified atom stereocenters. The highest BCUT2D eigenvalue weighted by molar-refractivity contribution is 6.33. The highest BCUT2D eigenvalue weighted by Crippen LogP contribution is 2.29. The summed E-state index contributed by atoms with van der Waals surface area (Å²) < 4.78 is 7.12. The van der Waals surface area contributed by atoms with Gasteiger partial charge in [-0.3, -0.25) is 4.57 Å². The Hall–Kier alpha value is -1.36. The van der Waals surface area contributed by atoms with E-state index in [1.807, 2.05) is 0 Å². The molecule has 0 aliphatic carbocycles. The number of fused-ring (bicyclic) bond motifs is 1. The first-order chi connectivity index (χ1) is 10.5. The van der Waals surface area contributed by atoms with Gasteiger partial charge in [0.25, 0.3) is 0 Å². The fraction of sp³-hybridized carbons (Fsp3) is 0.583. The minimum Gasteiger partial charge on any atom is -0.394 e. The number of rotatable bonds is 2. The van der Waals surface area contributed by atoms with Crippen molar-refractivity contribution in [1.29, 1.82) is 0 Å². The lowest BCUT2D eigenvalue weighted by Crippen LogP contribution is -2.44. The van der Waals surface area contributed by atoms with Crippen molar-refractivity contribution in [2.45, 2.75) is 37.1 Å². The second-order valence-corrected chi connectivity index (χ2v) is 5.44. The molecule has 1 aliphatic rings. The second kappa shape index (κ2) is 6.03. The van der Waals surface area contributed by atoms with Crippen molar-refractivity contribution in [1.82, 2.24) is 19.5 Å². The van der Waals surface area contributed by atoms with E-state index >= 15 is 0 Å². The number of ether oxygens (including phenoxy) is 1. The molecule has 0 saturated carbocycles. The Morgan fingerprint density at radius 2 is 2.00 bits per heavy atom. The van der Waals surface area contributed by atoms with Crippen LogP contribution in [-0.4, -0.2) is 71.0 Å². The van der Waals surface area contributed by atoms with Crippen molar-refractivity contribution >= 4 is 22.8 Å². The highest BCUT2D eigenvalue weighted by Gasteiger charge is 2.39. The van der Waals surface area contributed by atoms with E-state index in [0.29, 0.717) is 11.2 Å². The van der Waals surface area contributed by atoms with Crippen LogP contribution in [0.25, 0.3) is 11.2 Å². The zero-order valence-electron chi connectivity index (χ0n) is 11.3. The molecule has 0 bridgehead atoms. The van der Waals surface area contributed by atoms with Crippen LogP contribution in [0.1, 0.15) is 12.6 Å². The van der Waals surface area contributed by atoms with Crippen LogP contribution in [0.3, 0.4) is 0 Å². The van der Waals surface area contributed by atoms with Crippen LogP contribution in [0, 0.1) is 0 Å². The predicted molar refractivity (Wildman–Crippen MR) is 74.0 cm³/mol. The number of imidazole rings is 1. The Labute approximate surface area is 129 Å². The topological polar surface area (TPSA) is 134 Å². The average Bonchev–Trinajstić information content (AvgIpc) is 2.91. The molecule has 22 heavy (non-hydrogen) atoms. The minimum atomic E-state index is -1.42. The van der Waals surface area contributed by atoms with Crippen molar-refractivity contribution in [2.24, 2.45) is 0 Å². The third-order valence-electron chi connectivity index (χ3n) is 3.70. The minimum absolute atomic E-state index is 0.0121. The Morgan fingerprint density at radius 3 is 2.73 bits per heavy atom. The molecule has 5 atom stereocenters. The largest absolute Gasteiger partial charge is 0.394 e. The molecule has 1 aliphatic heterocycles. The fourth-order valence-corrected chi connectivity index (χ4v) is 2.67. The number of halogens is 1. The number of aliphatic hydroxyl groups is 4. The smallest absolute Gasteiger partial charge is 0.166 e. The van der Waals surface area contributed by atoms with Crippen LogP contribution in [0.15, 0.2) is 12.7 Å². The average molecular weight is 331 g/mol. The molecule has 9 nitrogen and oxygen atoms in total. The summed E-state index contributed by atoms with van der Waals surface area (Å²) in [6, 6.07) is 0. The number of nitrogens with zero attached hydrogens (tertiary/aromatic N) is 4. The van der Waals surface area contributed by atoms with Crippen LogP contribution < -0.4 is 0 Å². The van der Waals surface area contributed by atoms with Gasteiger partial charge >= 0.3 is 0 Å². The van der Waals surface area contributed by atoms with Crippen LogP contribution in [0.5, 0.6) is 0 Å². The van der Waals surface area contributed by atoms with Crippen LogP contribution in [0.4, 0.5) is 0 Å². The summed E-state index contributed by atoms with van der Waals surface area (Å²) in [5, 5.41) is 39.2. The zero-order valence-corrected chi connectivity index (χ0v) is 12.1. The summed E-state index contributed by atoms with van der Waals surface area (Å²) in [5.41, 5.74) is 0.757. The Morgan fingerprint density at radius 1 is 1.23 bits per heavy atom. The molecule has 0 amide bonds. The number of aromatic nitrogens is 4. The Balaban J connectivity index is 2.00. The molecule has 0 aromatic carbocycles. The van der Waals surface area contributed by atoms with Gasteiger partial charge in [-0.25, -0.2) is 15.0 Å². The maximum absolute atomic E-state index is 9.97. The summed E-state index contributed by atoms with van der Waals surface area (Å²) in [6.07, 6.45) is -3.21. The van der Waals surface area contributed by atoms with E-state index in [9.17, 15) is 20.4 Å². The Bertz CT molecular complexity index is 668. The molecule has 120 valence electrons. The van der Waals surface area contributed by atoms with Gasteiger partial charge < -0.3 is 25.2 Å². The van der Waals surface area contributed by atoms with Gasteiger partial charge in [-0.05, 0) is 0 Å². The third-order valence-corrected chi connectivity index (χ3v) is 3.98. The lowest BCUT2D eigenvalue weighted by Gasteiger charge is -2.24. The molecule has 0 radical (unpaired) electrons. The summed E-state index contributed by atoms with van der Waals surface area (Å²) in [5.74, 6) is 0. The van der Waals surface area contributed by atoms with Crippen molar-refractivity contribution in [3.63, 3.8) is 0 Å². The van der Waals surface area contributed by atoms with Crippen LogP contribution in [-0.2, 0) is 4.74 Å². The standard InChI is InChI=1S/C12H15ClN4O5/c13-11-8-12(15-3-14-11)17(4-16-8)7-1-5(19)9(20)10(21)6(2-18)22-7/h3-7,9-10,18-21H,1-2H2/t5-,6+,7+,9+,10-/m0/s1. The van der Waals surface area contributed by atoms with Crippen molar-refractivity contribution in [3.05, 3.63) is 17.8 Å². The molecule has 4 N–H and O–H groups in total. The summed E-state index contributed by atoms with van der Waals surface area (Å²) in [4.78, 5) is 12.0. The van der Waals surface area contributed by atoms with E-state index in [0.717, 1.165) is 0 Å². The van der Waals surface area contributed by atoms with E-state index in [2.05, 4.69) is 15.0 Å².